The number of carboxylic acid groups (broad SMARTS) is 1. The molecule has 7 nitrogen and oxygen atoms in total. The summed E-state index contributed by atoms with van der Waals surface area (Å²) >= 11 is 0. The number of likely N-dealkylation sites (tertiary alicyclic amines) is 1. The fourth-order valence-corrected chi connectivity index (χ4v) is 4.42. The summed E-state index contributed by atoms with van der Waals surface area (Å²) in [6.07, 6.45) is 5.05. The van der Waals surface area contributed by atoms with E-state index in [0.717, 1.165) is 24.2 Å². The molecule has 7 heteroatoms. The molecule has 0 radical (unpaired) electrons. The molecule has 4 rings (SSSR count). The third-order valence-corrected chi connectivity index (χ3v) is 5.91. The number of aromatic nitrogens is 2. The van der Waals surface area contributed by atoms with Gasteiger partial charge in [-0.3, -0.25) is 4.79 Å². The van der Waals surface area contributed by atoms with Crippen LogP contribution in [-0.4, -0.2) is 51.4 Å². The number of rotatable bonds is 5. The number of hydrogen-bond acceptors (Lipinski definition) is 3. The highest BCUT2D eigenvalue weighted by Gasteiger charge is 2.55. The lowest BCUT2D eigenvalue weighted by molar-refractivity contribution is -0.149. The second-order valence-corrected chi connectivity index (χ2v) is 7.50. The minimum atomic E-state index is -0.758. The Kier molecular flexibility index (Phi) is 4.59. The van der Waals surface area contributed by atoms with Crippen molar-refractivity contribution in [2.75, 3.05) is 19.6 Å². The summed E-state index contributed by atoms with van der Waals surface area (Å²) in [5.41, 5.74) is 1.17. The van der Waals surface area contributed by atoms with Gasteiger partial charge in [-0.05, 0) is 37.0 Å². The number of carbonyl (C=O) groups excluding carboxylic acids is 1. The maximum atomic E-state index is 12.5. The molecule has 1 aromatic carbocycles. The van der Waals surface area contributed by atoms with Gasteiger partial charge in [0.25, 0.3) is 0 Å². The van der Waals surface area contributed by atoms with Gasteiger partial charge >= 0.3 is 12.0 Å². The first-order chi connectivity index (χ1) is 13.1. The maximum absolute atomic E-state index is 12.5. The van der Waals surface area contributed by atoms with Crippen LogP contribution in [0.1, 0.15) is 25.0 Å². The van der Waals surface area contributed by atoms with Crippen molar-refractivity contribution < 1.29 is 14.7 Å². The molecule has 1 aliphatic carbocycles. The first kappa shape index (κ1) is 17.6. The summed E-state index contributed by atoms with van der Waals surface area (Å²) < 4.78 is 1.81. The zero-order valence-corrected chi connectivity index (χ0v) is 15.2. The monoisotopic (exact) mass is 368 g/mol. The van der Waals surface area contributed by atoms with Gasteiger partial charge < -0.3 is 15.3 Å². The van der Waals surface area contributed by atoms with Gasteiger partial charge in [-0.2, -0.15) is 5.10 Å². The molecular formula is C20H24N4O3. The molecule has 1 aromatic heterocycles. The summed E-state index contributed by atoms with van der Waals surface area (Å²) in [6, 6.07) is 11.6. The molecule has 0 spiro atoms. The number of benzene rings is 1. The Morgan fingerprint density at radius 3 is 2.81 bits per heavy atom. The third-order valence-electron chi connectivity index (χ3n) is 5.91. The number of para-hydroxylation sites is 1. The highest BCUT2D eigenvalue weighted by atomic mass is 16.4. The summed E-state index contributed by atoms with van der Waals surface area (Å²) in [5.74, 6) is -0.672. The number of hydrogen-bond donors (Lipinski definition) is 2. The van der Waals surface area contributed by atoms with E-state index in [1.807, 2.05) is 47.3 Å². The van der Waals surface area contributed by atoms with Gasteiger partial charge in [0.2, 0.25) is 0 Å². The summed E-state index contributed by atoms with van der Waals surface area (Å²) in [4.78, 5) is 25.8. The molecule has 2 heterocycles. The largest absolute Gasteiger partial charge is 0.481 e. The van der Waals surface area contributed by atoms with E-state index in [2.05, 4.69) is 10.4 Å². The molecule has 1 saturated carbocycles. The van der Waals surface area contributed by atoms with Crippen molar-refractivity contribution in [2.24, 2.45) is 11.3 Å². The standard InChI is InChI=1S/C20H24N4O3/c25-18(26)20-10-4-5-15(20)13-23(14-20)19(27)21-11-8-16-9-12-24(22-16)17-6-2-1-3-7-17/h1-3,6-7,9,12,15H,4-5,8,10-11,13-14H2,(H,21,27)(H,25,26)/t15-,20+/m0/s1. The van der Waals surface area contributed by atoms with Gasteiger partial charge in [-0.25, -0.2) is 9.48 Å². The van der Waals surface area contributed by atoms with Gasteiger partial charge in [0, 0.05) is 32.3 Å². The first-order valence-corrected chi connectivity index (χ1v) is 9.45. The van der Waals surface area contributed by atoms with Crippen LogP contribution in [0.3, 0.4) is 0 Å². The van der Waals surface area contributed by atoms with E-state index in [1.54, 1.807) is 4.90 Å². The number of aliphatic carboxylic acids is 1. The molecule has 1 aliphatic heterocycles. The van der Waals surface area contributed by atoms with E-state index in [1.165, 1.54) is 0 Å². The molecular weight excluding hydrogens is 344 g/mol. The van der Waals surface area contributed by atoms with Crippen molar-refractivity contribution in [2.45, 2.75) is 25.7 Å². The highest BCUT2D eigenvalue weighted by molar-refractivity contribution is 5.80. The molecule has 2 fully saturated rings. The van der Waals surface area contributed by atoms with Crippen molar-refractivity contribution in [3.63, 3.8) is 0 Å². The minimum absolute atomic E-state index is 0.0855. The van der Waals surface area contributed by atoms with E-state index in [-0.39, 0.29) is 11.9 Å². The molecule has 2 N–H and O–H groups in total. The Morgan fingerprint density at radius 1 is 1.26 bits per heavy atom. The van der Waals surface area contributed by atoms with Crippen molar-refractivity contribution in [1.82, 2.24) is 20.0 Å². The van der Waals surface area contributed by atoms with Crippen LogP contribution in [0.15, 0.2) is 42.6 Å². The van der Waals surface area contributed by atoms with Gasteiger partial charge in [-0.1, -0.05) is 24.6 Å². The smallest absolute Gasteiger partial charge is 0.317 e. The molecule has 2 amide bonds. The zero-order chi connectivity index (χ0) is 18.9. The Labute approximate surface area is 158 Å². The lowest BCUT2D eigenvalue weighted by atomic mass is 9.81. The number of nitrogens with zero attached hydrogens (tertiary/aromatic N) is 3. The van der Waals surface area contributed by atoms with E-state index in [4.69, 9.17) is 0 Å². The van der Waals surface area contributed by atoms with E-state index in [9.17, 15) is 14.7 Å². The fourth-order valence-electron chi connectivity index (χ4n) is 4.42. The molecule has 0 bridgehead atoms. The Morgan fingerprint density at radius 2 is 2.07 bits per heavy atom. The summed E-state index contributed by atoms with van der Waals surface area (Å²) in [6.45, 7) is 1.34. The number of carboxylic acids is 1. The third kappa shape index (κ3) is 3.29. The Balaban J connectivity index is 1.29. The number of nitrogens with one attached hydrogen (secondary N) is 1. The maximum Gasteiger partial charge on any atom is 0.317 e. The first-order valence-electron chi connectivity index (χ1n) is 9.45. The molecule has 2 aliphatic rings. The second kappa shape index (κ2) is 7.06. The van der Waals surface area contributed by atoms with Gasteiger partial charge in [0.05, 0.1) is 16.8 Å². The highest BCUT2D eigenvalue weighted by Crippen LogP contribution is 2.48. The van der Waals surface area contributed by atoms with Crippen LogP contribution >= 0.6 is 0 Å². The molecule has 2 atom stereocenters. The number of urea groups is 1. The van der Waals surface area contributed by atoms with E-state index >= 15 is 0 Å². The van der Waals surface area contributed by atoms with Crippen LogP contribution in [0, 0.1) is 11.3 Å². The van der Waals surface area contributed by atoms with Gasteiger partial charge in [-0.15, -0.1) is 0 Å². The zero-order valence-electron chi connectivity index (χ0n) is 15.2. The second-order valence-electron chi connectivity index (χ2n) is 7.50. The van der Waals surface area contributed by atoms with Crippen molar-refractivity contribution in [3.8, 4) is 5.69 Å². The van der Waals surface area contributed by atoms with Crippen molar-refractivity contribution in [1.29, 1.82) is 0 Å². The SMILES string of the molecule is O=C(NCCc1ccn(-c2ccccc2)n1)N1C[C@@H]2CCC[C@@]2(C(=O)O)C1. The predicted molar refractivity (Wildman–Crippen MR) is 99.6 cm³/mol. The Hall–Kier alpha value is -2.83. The van der Waals surface area contributed by atoms with Crippen LogP contribution in [0.5, 0.6) is 0 Å². The van der Waals surface area contributed by atoms with Crippen LogP contribution in [0.25, 0.3) is 5.69 Å². The Bertz CT molecular complexity index is 835. The van der Waals surface area contributed by atoms with E-state index in [0.29, 0.717) is 32.5 Å². The normalized spacial score (nSPS) is 24.0. The molecule has 2 aromatic rings. The predicted octanol–water partition coefficient (Wildman–Crippen LogP) is 2.31. The average Bonchev–Trinajstić information content (AvgIpc) is 3.36. The van der Waals surface area contributed by atoms with Crippen LogP contribution in [0.4, 0.5) is 4.79 Å². The van der Waals surface area contributed by atoms with Crippen molar-refractivity contribution >= 4 is 12.0 Å². The number of fused-ring (bicyclic) bond motifs is 1. The molecule has 1 saturated heterocycles. The fraction of sp³-hybridized carbons (Fsp3) is 0.450. The molecule has 0 unspecified atom stereocenters. The topological polar surface area (TPSA) is 87.5 Å². The lowest BCUT2D eigenvalue weighted by Gasteiger charge is -2.23. The van der Waals surface area contributed by atoms with Crippen LogP contribution in [-0.2, 0) is 11.2 Å². The van der Waals surface area contributed by atoms with Crippen LogP contribution < -0.4 is 5.32 Å². The quantitative estimate of drug-likeness (QED) is 0.848. The van der Waals surface area contributed by atoms with Gasteiger partial charge in [0.15, 0.2) is 0 Å². The van der Waals surface area contributed by atoms with Crippen LogP contribution in [0.2, 0.25) is 0 Å². The van der Waals surface area contributed by atoms with Crippen molar-refractivity contribution in [3.05, 3.63) is 48.3 Å². The summed E-state index contributed by atoms with van der Waals surface area (Å²) in [5, 5.41) is 17.1. The van der Waals surface area contributed by atoms with E-state index < -0.39 is 11.4 Å². The summed E-state index contributed by atoms with van der Waals surface area (Å²) in [7, 11) is 0. The number of amides is 2. The minimum Gasteiger partial charge on any atom is -0.481 e. The average molecular weight is 368 g/mol. The number of carbonyl (C=O) groups is 2. The molecule has 142 valence electrons. The lowest BCUT2D eigenvalue weighted by Crippen LogP contribution is -2.42. The van der Waals surface area contributed by atoms with Gasteiger partial charge in [0.1, 0.15) is 0 Å². The molecule has 27 heavy (non-hydrogen) atoms.